The van der Waals surface area contributed by atoms with Crippen LogP contribution in [-0.2, 0) is 20.9 Å². The van der Waals surface area contributed by atoms with Crippen molar-refractivity contribution in [3.63, 3.8) is 0 Å². The smallest absolute Gasteiger partial charge is 0.408 e. The molecule has 1 aromatic carbocycles. The van der Waals surface area contributed by atoms with E-state index in [9.17, 15) is 9.59 Å². The molecule has 1 amide bonds. The summed E-state index contributed by atoms with van der Waals surface area (Å²) in [6.07, 6.45) is 0.699. The topological polar surface area (TPSA) is 88.4 Å². The van der Waals surface area contributed by atoms with E-state index < -0.39 is 17.6 Å². The van der Waals surface area contributed by atoms with Crippen molar-refractivity contribution in [1.82, 2.24) is 5.32 Å². The maximum Gasteiger partial charge on any atom is 0.408 e. The normalized spacial score (nSPS) is 22.3. The third kappa shape index (κ3) is 3.55. The molecule has 1 aliphatic carbocycles. The first-order valence-electron chi connectivity index (χ1n) is 7.06. The number of ether oxygens (including phenoxy) is 2. The molecule has 1 saturated carbocycles. The second kappa shape index (κ2) is 6.94. The highest BCUT2D eigenvalue weighted by atomic mass is 16.6. The lowest BCUT2D eigenvalue weighted by Crippen LogP contribution is -2.45. The number of nitriles is 1. The van der Waals surface area contributed by atoms with Gasteiger partial charge < -0.3 is 14.8 Å². The Kier molecular flexibility index (Phi) is 4.99. The minimum absolute atomic E-state index is 0.0797. The van der Waals surface area contributed by atoms with Crippen molar-refractivity contribution in [2.45, 2.75) is 31.4 Å². The highest BCUT2D eigenvalue weighted by molar-refractivity contribution is 5.89. The van der Waals surface area contributed by atoms with Gasteiger partial charge in [-0.3, -0.25) is 0 Å². The van der Waals surface area contributed by atoms with Crippen molar-refractivity contribution in [3.8, 4) is 6.07 Å². The molecule has 0 radical (unpaired) electrons. The number of hydrogen-bond acceptors (Lipinski definition) is 5. The lowest BCUT2D eigenvalue weighted by Gasteiger charge is -2.16. The van der Waals surface area contributed by atoms with Crippen LogP contribution in [0.2, 0.25) is 0 Å². The minimum Gasteiger partial charge on any atom is -0.467 e. The summed E-state index contributed by atoms with van der Waals surface area (Å²) in [5.74, 6) is -0.573. The summed E-state index contributed by atoms with van der Waals surface area (Å²) in [6.45, 7) is 0.132. The van der Waals surface area contributed by atoms with Gasteiger partial charge in [-0.05, 0) is 24.3 Å². The van der Waals surface area contributed by atoms with Gasteiger partial charge in [0.15, 0.2) is 0 Å². The fourth-order valence-corrected chi connectivity index (χ4v) is 2.49. The molecule has 0 spiro atoms. The zero-order chi connectivity index (χ0) is 16.0. The van der Waals surface area contributed by atoms with Crippen LogP contribution in [0.3, 0.4) is 0 Å². The molecule has 0 bridgehead atoms. The van der Waals surface area contributed by atoms with Gasteiger partial charge in [-0.2, -0.15) is 5.26 Å². The van der Waals surface area contributed by atoms with Crippen LogP contribution < -0.4 is 5.32 Å². The van der Waals surface area contributed by atoms with E-state index in [0.717, 1.165) is 5.56 Å². The molecule has 6 heteroatoms. The van der Waals surface area contributed by atoms with Crippen molar-refractivity contribution in [1.29, 1.82) is 5.26 Å². The monoisotopic (exact) mass is 302 g/mol. The molecular weight excluding hydrogens is 284 g/mol. The van der Waals surface area contributed by atoms with Crippen molar-refractivity contribution >= 4 is 12.1 Å². The molecule has 1 fully saturated rings. The summed E-state index contributed by atoms with van der Waals surface area (Å²) in [4.78, 5) is 23.8. The number of rotatable bonds is 6. The standard InChI is InChI=1S/C16H18N2O4/c1-21-14(19)16(10-13(16)8-5-9-17)18-15(20)22-11-12-6-3-2-4-7-12/h2-4,6-7,13H,5,8,10-11H2,1H3,(H,18,20)/t13-,16-/m0/s1. The Morgan fingerprint density at radius 1 is 1.41 bits per heavy atom. The highest BCUT2D eigenvalue weighted by Crippen LogP contribution is 2.47. The van der Waals surface area contributed by atoms with E-state index in [4.69, 9.17) is 14.7 Å². The number of esters is 1. The molecule has 22 heavy (non-hydrogen) atoms. The van der Waals surface area contributed by atoms with E-state index in [2.05, 4.69) is 5.32 Å². The largest absolute Gasteiger partial charge is 0.467 e. The van der Waals surface area contributed by atoms with E-state index >= 15 is 0 Å². The molecule has 0 saturated heterocycles. The molecule has 1 aliphatic rings. The van der Waals surface area contributed by atoms with Crippen molar-refractivity contribution in [2.24, 2.45) is 5.92 Å². The number of amides is 1. The Bertz CT molecular complexity index is 582. The third-order valence-electron chi connectivity index (χ3n) is 3.80. The van der Waals surface area contributed by atoms with Gasteiger partial charge in [-0.25, -0.2) is 9.59 Å². The first-order chi connectivity index (χ1) is 10.6. The number of carbonyl (C=O) groups is 2. The van der Waals surface area contributed by atoms with Crippen LogP contribution in [0.5, 0.6) is 0 Å². The number of carbonyl (C=O) groups excluding carboxylic acids is 2. The first-order valence-corrected chi connectivity index (χ1v) is 7.06. The van der Waals surface area contributed by atoms with E-state index in [1.807, 2.05) is 36.4 Å². The first kappa shape index (κ1) is 15.8. The summed E-state index contributed by atoms with van der Waals surface area (Å²) in [6, 6.07) is 11.3. The number of nitrogens with one attached hydrogen (secondary N) is 1. The van der Waals surface area contributed by atoms with Gasteiger partial charge in [-0.15, -0.1) is 0 Å². The van der Waals surface area contributed by atoms with Crippen LogP contribution in [0.15, 0.2) is 30.3 Å². The Morgan fingerprint density at radius 3 is 2.77 bits per heavy atom. The van der Waals surface area contributed by atoms with Crippen LogP contribution in [0, 0.1) is 17.2 Å². The van der Waals surface area contributed by atoms with Gasteiger partial charge in [0.1, 0.15) is 12.1 Å². The van der Waals surface area contributed by atoms with Gasteiger partial charge in [0.05, 0.1) is 13.2 Å². The predicted octanol–water partition coefficient (Wildman–Crippen LogP) is 2.15. The average molecular weight is 302 g/mol. The fraction of sp³-hybridized carbons (Fsp3) is 0.438. The molecule has 1 N–H and O–H groups in total. The Hall–Kier alpha value is -2.55. The van der Waals surface area contributed by atoms with Gasteiger partial charge in [-0.1, -0.05) is 30.3 Å². The zero-order valence-electron chi connectivity index (χ0n) is 12.4. The molecule has 6 nitrogen and oxygen atoms in total. The Balaban J connectivity index is 1.90. The lowest BCUT2D eigenvalue weighted by atomic mass is 10.1. The third-order valence-corrected chi connectivity index (χ3v) is 3.80. The van der Waals surface area contributed by atoms with Crippen LogP contribution in [-0.4, -0.2) is 24.7 Å². The number of methoxy groups -OCH3 is 1. The van der Waals surface area contributed by atoms with Gasteiger partial charge in [0, 0.05) is 6.42 Å². The summed E-state index contributed by atoms with van der Waals surface area (Å²) in [5.41, 5.74) is -0.180. The minimum atomic E-state index is -1.04. The van der Waals surface area contributed by atoms with Gasteiger partial charge in [0.2, 0.25) is 0 Å². The van der Waals surface area contributed by atoms with Crippen LogP contribution in [0.25, 0.3) is 0 Å². The van der Waals surface area contributed by atoms with Gasteiger partial charge in [0.25, 0.3) is 0 Å². The van der Waals surface area contributed by atoms with Crippen molar-refractivity contribution in [2.75, 3.05) is 7.11 Å². The summed E-state index contributed by atoms with van der Waals surface area (Å²) in [7, 11) is 1.28. The lowest BCUT2D eigenvalue weighted by molar-refractivity contribution is -0.144. The molecular formula is C16H18N2O4. The maximum absolute atomic E-state index is 11.9. The van der Waals surface area contributed by atoms with Crippen LogP contribution in [0.4, 0.5) is 4.79 Å². The number of hydrogen-bond donors (Lipinski definition) is 1. The number of alkyl carbamates (subject to hydrolysis) is 1. The SMILES string of the molecule is COC(=O)[C@]1(NC(=O)OCc2ccccc2)C[C@@H]1CCC#N. The predicted molar refractivity (Wildman–Crippen MR) is 77.5 cm³/mol. The highest BCUT2D eigenvalue weighted by Gasteiger charge is 2.62. The molecule has 0 aromatic heterocycles. The summed E-state index contributed by atoms with van der Waals surface area (Å²) >= 11 is 0. The number of nitrogens with zero attached hydrogens (tertiary/aromatic N) is 1. The van der Waals surface area contributed by atoms with Crippen LogP contribution >= 0.6 is 0 Å². The molecule has 2 atom stereocenters. The molecule has 0 heterocycles. The van der Waals surface area contributed by atoms with Crippen molar-refractivity contribution < 1.29 is 19.1 Å². The second-order valence-electron chi connectivity index (χ2n) is 5.25. The van der Waals surface area contributed by atoms with Gasteiger partial charge >= 0.3 is 12.1 Å². The van der Waals surface area contributed by atoms with E-state index in [-0.39, 0.29) is 12.5 Å². The molecule has 0 aliphatic heterocycles. The summed E-state index contributed by atoms with van der Waals surface area (Å²) in [5, 5.41) is 11.2. The quantitative estimate of drug-likeness (QED) is 0.813. The molecule has 116 valence electrons. The average Bonchev–Trinajstić information content (AvgIpc) is 3.25. The summed E-state index contributed by atoms with van der Waals surface area (Å²) < 4.78 is 9.89. The van der Waals surface area contributed by atoms with E-state index in [1.54, 1.807) is 0 Å². The molecule has 1 aromatic rings. The zero-order valence-corrected chi connectivity index (χ0v) is 12.4. The fourth-order valence-electron chi connectivity index (χ4n) is 2.49. The van der Waals surface area contributed by atoms with E-state index in [1.165, 1.54) is 7.11 Å². The maximum atomic E-state index is 11.9. The number of benzene rings is 1. The van der Waals surface area contributed by atoms with Crippen molar-refractivity contribution in [3.05, 3.63) is 35.9 Å². The van der Waals surface area contributed by atoms with E-state index in [0.29, 0.717) is 19.3 Å². The molecule has 2 rings (SSSR count). The second-order valence-corrected chi connectivity index (χ2v) is 5.25. The Morgan fingerprint density at radius 2 is 2.14 bits per heavy atom. The van der Waals surface area contributed by atoms with Crippen LogP contribution in [0.1, 0.15) is 24.8 Å². The Labute approximate surface area is 129 Å². The molecule has 0 unspecified atom stereocenters.